The summed E-state index contributed by atoms with van der Waals surface area (Å²) in [6.45, 7) is 3.95. The Morgan fingerprint density at radius 1 is 1.06 bits per heavy atom. The molecule has 0 spiro atoms. The van der Waals surface area contributed by atoms with Crippen LogP contribution in [0.4, 0.5) is 5.69 Å². The second-order valence-corrected chi connectivity index (χ2v) is 8.60. The zero-order valence-electron chi connectivity index (χ0n) is 18.5. The average molecular weight is 462 g/mol. The fourth-order valence-corrected chi connectivity index (χ4v) is 4.41. The molecular formula is C26H24ClN3O3. The van der Waals surface area contributed by atoms with Crippen LogP contribution in [0.2, 0.25) is 5.02 Å². The molecular weight excluding hydrogens is 438 g/mol. The fourth-order valence-electron chi connectivity index (χ4n) is 4.28. The first kappa shape index (κ1) is 21.3. The largest absolute Gasteiger partial charge is 0.497 e. The zero-order chi connectivity index (χ0) is 22.9. The maximum absolute atomic E-state index is 13.1. The first-order valence-electron chi connectivity index (χ1n) is 10.9. The minimum absolute atomic E-state index is 0.00176. The Kier molecular flexibility index (Phi) is 5.68. The van der Waals surface area contributed by atoms with Crippen LogP contribution in [0.1, 0.15) is 22.8 Å². The van der Waals surface area contributed by atoms with E-state index in [0.29, 0.717) is 36.0 Å². The number of amidine groups is 1. The lowest BCUT2D eigenvalue weighted by Gasteiger charge is -2.41. The van der Waals surface area contributed by atoms with E-state index in [2.05, 4.69) is 11.8 Å². The zero-order valence-corrected chi connectivity index (χ0v) is 19.2. The second-order valence-electron chi connectivity index (χ2n) is 8.17. The topological polar surface area (TPSA) is 54.4 Å². The van der Waals surface area contributed by atoms with Gasteiger partial charge in [-0.2, -0.15) is 0 Å². The van der Waals surface area contributed by atoms with Crippen molar-refractivity contribution in [3.05, 3.63) is 82.9 Å². The van der Waals surface area contributed by atoms with Crippen LogP contribution in [0, 0.1) is 0 Å². The highest BCUT2D eigenvalue weighted by Crippen LogP contribution is 2.39. The monoisotopic (exact) mass is 461 g/mol. The number of hydrogen-bond acceptors (Lipinski definition) is 5. The summed E-state index contributed by atoms with van der Waals surface area (Å²) in [4.78, 5) is 22.2. The summed E-state index contributed by atoms with van der Waals surface area (Å²) in [6, 6.07) is 20.5. The van der Waals surface area contributed by atoms with Crippen LogP contribution in [0.5, 0.6) is 17.2 Å². The lowest BCUT2D eigenvalue weighted by Crippen LogP contribution is -2.55. The Morgan fingerprint density at radius 2 is 1.85 bits per heavy atom. The first-order valence-corrected chi connectivity index (χ1v) is 11.3. The molecule has 6 nitrogen and oxygen atoms in total. The van der Waals surface area contributed by atoms with Crippen molar-refractivity contribution >= 4 is 29.0 Å². The molecule has 5 rings (SSSR count). The molecule has 0 N–H and O–H groups in total. The van der Waals surface area contributed by atoms with E-state index in [1.54, 1.807) is 31.4 Å². The number of ether oxygens (including phenoxy) is 2. The number of aliphatic imine (C=N–C) groups is 1. The Labute approximate surface area is 198 Å². The predicted octanol–water partition coefficient (Wildman–Crippen LogP) is 5.38. The number of carbonyl (C=O) groups is 1. The minimum Gasteiger partial charge on any atom is -0.497 e. The van der Waals surface area contributed by atoms with Crippen molar-refractivity contribution in [1.82, 2.24) is 9.80 Å². The van der Waals surface area contributed by atoms with Gasteiger partial charge >= 0.3 is 0 Å². The molecule has 1 amide bonds. The molecule has 0 radical (unpaired) electrons. The van der Waals surface area contributed by atoms with Gasteiger partial charge in [0.15, 0.2) is 5.75 Å². The Balaban J connectivity index is 1.46. The predicted molar refractivity (Wildman–Crippen MR) is 129 cm³/mol. The molecule has 2 heterocycles. The number of halogens is 1. The van der Waals surface area contributed by atoms with Crippen LogP contribution in [0.15, 0.2) is 71.7 Å². The number of methoxy groups -OCH3 is 1. The molecule has 7 heteroatoms. The fraction of sp³-hybridized carbons (Fsp3) is 0.231. The summed E-state index contributed by atoms with van der Waals surface area (Å²) in [6.07, 6.45) is 0. The molecule has 1 fully saturated rings. The molecule has 0 aromatic heterocycles. The molecule has 168 valence electrons. The summed E-state index contributed by atoms with van der Waals surface area (Å²) >= 11 is 5.98. The number of nitrogens with zero attached hydrogens (tertiary/aromatic N) is 3. The van der Waals surface area contributed by atoms with Crippen LogP contribution in [-0.2, 0) is 0 Å². The molecule has 2 aliphatic rings. The van der Waals surface area contributed by atoms with Gasteiger partial charge in [-0.15, -0.1) is 0 Å². The molecule has 2 aliphatic heterocycles. The third-order valence-electron chi connectivity index (χ3n) is 6.02. The molecule has 3 aromatic rings. The second kappa shape index (κ2) is 8.79. The van der Waals surface area contributed by atoms with Crippen molar-refractivity contribution in [1.29, 1.82) is 0 Å². The first-order chi connectivity index (χ1) is 16.0. The molecule has 0 aliphatic carbocycles. The summed E-state index contributed by atoms with van der Waals surface area (Å²) in [7, 11) is 1.65. The van der Waals surface area contributed by atoms with Crippen LogP contribution in [-0.4, -0.2) is 54.3 Å². The number of rotatable bonds is 2. The van der Waals surface area contributed by atoms with Crippen molar-refractivity contribution in [2.45, 2.75) is 13.0 Å². The van der Waals surface area contributed by atoms with Gasteiger partial charge in [-0.3, -0.25) is 4.79 Å². The molecule has 3 aromatic carbocycles. The number of amides is 1. The molecule has 1 saturated heterocycles. The van der Waals surface area contributed by atoms with E-state index in [1.807, 2.05) is 47.4 Å². The van der Waals surface area contributed by atoms with Crippen LogP contribution >= 0.6 is 11.6 Å². The van der Waals surface area contributed by atoms with Crippen molar-refractivity contribution in [2.75, 3.05) is 26.7 Å². The third kappa shape index (κ3) is 4.14. The maximum atomic E-state index is 13.1. The highest BCUT2D eigenvalue weighted by Gasteiger charge is 2.32. The average Bonchev–Trinajstić information content (AvgIpc) is 3.00. The van der Waals surface area contributed by atoms with Crippen LogP contribution < -0.4 is 9.47 Å². The van der Waals surface area contributed by atoms with Gasteiger partial charge in [0, 0.05) is 36.3 Å². The maximum Gasteiger partial charge on any atom is 0.254 e. The van der Waals surface area contributed by atoms with Gasteiger partial charge in [0.1, 0.15) is 23.0 Å². The van der Waals surface area contributed by atoms with Gasteiger partial charge in [-0.1, -0.05) is 23.7 Å². The van der Waals surface area contributed by atoms with Gasteiger partial charge in [-0.05, 0) is 61.5 Å². The van der Waals surface area contributed by atoms with Crippen molar-refractivity contribution < 1.29 is 14.3 Å². The quantitative estimate of drug-likeness (QED) is 0.514. The van der Waals surface area contributed by atoms with Crippen molar-refractivity contribution in [3.8, 4) is 17.2 Å². The summed E-state index contributed by atoms with van der Waals surface area (Å²) < 4.78 is 11.7. The van der Waals surface area contributed by atoms with Gasteiger partial charge in [0.25, 0.3) is 5.91 Å². The molecule has 0 bridgehead atoms. The van der Waals surface area contributed by atoms with Crippen molar-refractivity contribution in [2.24, 2.45) is 4.99 Å². The van der Waals surface area contributed by atoms with E-state index in [4.69, 9.17) is 26.1 Å². The molecule has 33 heavy (non-hydrogen) atoms. The van der Waals surface area contributed by atoms with Crippen molar-refractivity contribution in [3.63, 3.8) is 0 Å². The highest BCUT2D eigenvalue weighted by molar-refractivity contribution is 6.30. The van der Waals surface area contributed by atoms with E-state index in [0.717, 1.165) is 28.6 Å². The van der Waals surface area contributed by atoms with Gasteiger partial charge in [-0.25, -0.2) is 4.99 Å². The van der Waals surface area contributed by atoms with E-state index in [-0.39, 0.29) is 11.9 Å². The van der Waals surface area contributed by atoms with Crippen LogP contribution in [0.25, 0.3) is 0 Å². The molecule has 0 saturated carbocycles. The van der Waals surface area contributed by atoms with E-state index in [9.17, 15) is 4.79 Å². The number of fused-ring (bicyclic) bond motifs is 2. The van der Waals surface area contributed by atoms with E-state index >= 15 is 0 Å². The lowest BCUT2D eigenvalue weighted by atomic mass is 10.1. The number of carbonyl (C=O) groups excluding carboxylic acids is 1. The number of para-hydroxylation sites is 2. The third-order valence-corrected chi connectivity index (χ3v) is 6.27. The Hall–Kier alpha value is -3.51. The number of piperazine rings is 1. The van der Waals surface area contributed by atoms with Gasteiger partial charge < -0.3 is 19.3 Å². The highest BCUT2D eigenvalue weighted by atomic mass is 35.5. The van der Waals surface area contributed by atoms with Gasteiger partial charge in [0.05, 0.1) is 12.7 Å². The summed E-state index contributed by atoms with van der Waals surface area (Å²) in [5, 5.41) is 0.618. The summed E-state index contributed by atoms with van der Waals surface area (Å²) in [5.74, 6) is 3.01. The normalized spacial score (nSPS) is 17.3. The standard InChI is InChI=1S/C26H24ClN3O3/c1-17-16-29(13-14-30(17)26(31)18-7-9-19(27)10-8-18)25-21-15-20(32-2)11-12-23(21)33-24-6-4-3-5-22(24)28-25/h3-12,15,17H,13-14,16H2,1-2H3/t17-/m1/s1. The SMILES string of the molecule is COc1ccc2c(c1)C(N1CCN(C(=O)c3ccc(Cl)cc3)[C@H](C)C1)=Nc1ccccc1O2. The van der Waals surface area contributed by atoms with E-state index < -0.39 is 0 Å². The smallest absolute Gasteiger partial charge is 0.254 e. The van der Waals surface area contributed by atoms with Gasteiger partial charge in [0.2, 0.25) is 0 Å². The Bertz CT molecular complexity index is 1230. The number of hydrogen-bond donors (Lipinski definition) is 0. The molecule has 1 atom stereocenters. The minimum atomic E-state index is -0.00176. The Morgan fingerprint density at radius 3 is 2.61 bits per heavy atom. The van der Waals surface area contributed by atoms with Crippen LogP contribution in [0.3, 0.4) is 0 Å². The number of benzene rings is 3. The van der Waals surface area contributed by atoms with E-state index in [1.165, 1.54) is 0 Å². The lowest BCUT2D eigenvalue weighted by molar-refractivity contribution is 0.0581. The summed E-state index contributed by atoms with van der Waals surface area (Å²) in [5.41, 5.74) is 2.29. The molecule has 0 unspecified atom stereocenters.